The second-order valence-electron chi connectivity index (χ2n) is 7.16. The fourth-order valence-corrected chi connectivity index (χ4v) is 4.86. The number of rotatable bonds is 6. The minimum Gasteiger partial charge on any atom is -0.365 e. The van der Waals surface area contributed by atoms with Gasteiger partial charge in [-0.3, -0.25) is 19.2 Å². The predicted octanol–water partition coefficient (Wildman–Crippen LogP) is 1.78. The number of nitrogens with zero attached hydrogens (tertiary/aromatic N) is 3. The first-order chi connectivity index (χ1) is 12.3. The second kappa shape index (κ2) is 7.59. The fourth-order valence-electron chi connectivity index (χ4n) is 3.43. The molecule has 1 aliphatic carbocycles. The van der Waals surface area contributed by atoms with Gasteiger partial charge in [0.2, 0.25) is 5.91 Å². The van der Waals surface area contributed by atoms with Gasteiger partial charge < -0.3 is 11.1 Å². The topological polar surface area (TPSA) is 93.2 Å². The zero-order valence-corrected chi connectivity index (χ0v) is 16.2. The lowest BCUT2D eigenvalue weighted by atomic mass is 9.88. The zero-order chi connectivity index (χ0) is 18.8. The van der Waals surface area contributed by atoms with Crippen LogP contribution in [-0.2, 0) is 31.2 Å². The van der Waals surface area contributed by atoms with E-state index in [1.165, 1.54) is 16.2 Å². The molecule has 0 unspecified atom stereocenters. The molecule has 0 fully saturated rings. The largest absolute Gasteiger partial charge is 0.365 e. The molecule has 8 heteroatoms. The number of primary amides is 1. The van der Waals surface area contributed by atoms with Crippen molar-refractivity contribution in [3.05, 3.63) is 34.0 Å². The number of aryl methyl sites for hydroxylation is 1. The van der Waals surface area contributed by atoms with E-state index in [4.69, 9.17) is 5.73 Å². The van der Waals surface area contributed by atoms with Gasteiger partial charge >= 0.3 is 0 Å². The summed E-state index contributed by atoms with van der Waals surface area (Å²) in [4.78, 5) is 27.5. The summed E-state index contributed by atoms with van der Waals surface area (Å²) in [5, 5.41) is 7.63. The molecule has 0 bridgehead atoms. The van der Waals surface area contributed by atoms with E-state index >= 15 is 0 Å². The average Bonchev–Trinajstić information content (AvgIpc) is 3.09. The Labute approximate surface area is 157 Å². The number of amides is 2. The molecule has 0 saturated carbocycles. The number of carbonyl (C=O) groups excluding carboxylic acids is 2. The van der Waals surface area contributed by atoms with Crippen molar-refractivity contribution in [2.75, 3.05) is 18.9 Å². The third-order valence-electron chi connectivity index (χ3n) is 4.64. The maximum absolute atomic E-state index is 12.5. The SMILES string of the molecule is C[C@@H]1CCc2c(sc(NC(=O)CN(C)Cc3cnn(C)c3)c2C(N)=O)C1. The molecule has 2 aromatic rings. The first kappa shape index (κ1) is 18.6. The molecule has 140 valence electrons. The average molecular weight is 375 g/mol. The number of nitrogens with two attached hydrogens (primary N) is 1. The summed E-state index contributed by atoms with van der Waals surface area (Å²) in [6.07, 6.45) is 6.55. The number of hydrogen-bond donors (Lipinski definition) is 2. The molecule has 3 N–H and O–H groups in total. The molecule has 1 aliphatic rings. The van der Waals surface area contributed by atoms with Crippen LogP contribution in [0.5, 0.6) is 0 Å². The Kier molecular flexibility index (Phi) is 5.43. The molecular formula is C18H25N5O2S. The van der Waals surface area contributed by atoms with Crippen LogP contribution in [0.1, 0.15) is 39.7 Å². The van der Waals surface area contributed by atoms with Gasteiger partial charge in [0.15, 0.2) is 0 Å². The van der Waals surface area contributed by atoms with E-state index in [0.717, 1.165) is 30.4 Å². The number of likely N-dealkylation sites (N-methyl/N-ethyl adjacent to an activating group) is 1. The van der Waals surface area contributed by atoms with Crippen LogP contribution in [0.2, 0.25) is 0 Å². The number of thiophene rings is 1. The van der Waals surface area contributed by atoms with Gasteiger partial charge in [0, 0.05) is 30.2 Å². The summed E-state index contributed by atoms with van der Waals surface area (Å²) in [6.45, 7) is 3.06. The van der Waals surface area contributed by atoms with Crippen LogP contribution in [0.3, 0.4) is 0 Å². The minimum absolute atomic E-state index is 0.148. The summed E-state index contributed by atoms with van der Waals surface area (Å²) in [7, 11) is 3.74. The van der Waals surface area contributed by atoms with Crippen LogP contribution in [0.15, 0.2) is 12.4 Å². The van der Waals surface area contributed by atoms with Gasteiger partial charge in [-0.25, -0.2) is 0 Å². The number of carbonyl (C=O) groups is 2. The maximum atomic E-state index is 12.5. The van der Waals surface area contributed by atoms with Crippen molar-refractivity contribution in [2.45, 2.75) is 32.7 Å². The second-order valence-corrected chi connectivity index (χ2v) is 8.27. The Hall–Kier alpha value is -2.19. The first-order valence-electron chi connectivity index (χ1n) is 8.73. The van der Waals surface area contributed by atoms with Crippen LogP contribution >= 0.6 is 11.3 Å². The summed E-state index contributed by atoms with van der Waals surface area (Å²) >= 11 is 1.49. The van der Waals surface area contributed by atoms with Crippen molar-refractivity contribution in [1.82, 2.24) is 14.7 Å². The van der Waals surface area contributed by atoms with Gasteiger partial charge in [-0.05, 0) is 37.8 Å². The molecule has 7 nitrogen and oxygen atoms in total. The molecular weight excluding hydrogens is 350 g/mol. The third-order valence-corrected chi connectivity index (χ3v) is 5.81. The lowest BCUT2D eigenvalue weighted by Gasteiger charge is -2.18. The van der Waals surface area contributed by atoms with E-state index < -0.39 is 5.91 Å². The van der Waals surface area contributed by atoms with E-state index in [2.05, 4.69) is 17.3 Å². The van der Waals surface area contributed by atoms with Gasteiger partial charge in [0.1, 0.15) is 5.00 Å². The summed E-state index contributed by atoms with van der Waals surface area (Å²) in [5.41, 5.74) is 8.17. The molecule has 1 atom stereocenters. The van der Waals surface area contributed by atoms with E-state index in [1.54, 1.807) is 10.9 Å². The molecule has 0 spiro atoms. The van der Waals surface area contributed by atoms with E-state index in [-0.39, 0.29) is 12.5 Å². The molecule has 2 amide bonds. The molecule has 2 heterocycles. The van der Waals surface area contributed by atoms with E-state index in [1.807, 2.05) is 25.2 Å². The van der Waals surface area contributed by atoms with Gasteiger partial charge in [0.25, 0.3) is 5.91 Å². The van der Waals surface area contributed by atoms with Crippen molar-refractivity contribution in [3.8, 4) is 0 Å². The zero-order valence-electron chi connectivity index (χ0n) is 15.4. The molecule has 0 saturated heterocycles. The summed E-state index contributed by atoms with van der Waals surface area (Å²) in [6, 6.07) is 0. The Morgan fingerprint density at radius 1 is 1.50 bits per heavy atom. The van der Waals surface area contributed by atoms with Crippen LogP contribution in [0.25, 0.3) is 0 Å². The minimum atomic E-state index is -0.462. The lowest BCUT2D eigenvalue weighted by Crippen LogP contribution is -2.30. The number of aromatic nitrogens is 2. The summed E-state index contributed by atoms with van der Waals surface area (Å²) in [5.74, 6) is -0.0161. The monoisotopic (exact) mass is 375 g/mol. The predicted molar refractivity (Wildman–Crippen MR) is 102 cm³/mol. The van der Waals surface area contributed by atoms with Crippen molar-refractivity contribution in [3.63, 3.8) is 0 Å². The highest BCUT2D eigenvalue weighted by molar-refractivity contribution is 7.17. The van der Waals surface area contributed by atoms with Crippen molar-refractivity contribution in [2.24, 2.45) is 18.7 Å². The molecule has 0 aromatic carbocycles. The van der Waals surface area contributed by atoms with Crippen molar-refractivity contribution < 1.29 is 9.59 Å². The Morgan fingerprint density at radius 3 is 2.92 bits per heavy atom. The highest BCUT2D eigenvalue weighted by Gasteiger charge is 2.27. The number of nitrogens with one attached hydrogen (secondary N) is 1. The van der Waals surface area contributed by atoms with Gasteiger partial charge in [-0.2, -0.15) is 5.10 Å². The standard InChI is InChI=1S/C18H25N5O2S/c1-11-4-5-13-14(6-11)26-18(16(13)17(19)25)21-15(24)10-22(2)8-12-7-20-23(3)9-12/h7,9,11H,4-6,8,10H2,1-3H3,(H2,19,25)(H,21,24)/t11-/m1/s1. The van der Waals surface area contributed by atoms with E-state index in [9.17, 15) is 9.59 Å². The number of anilines is 1. The fraction of sp³-hybridized carbons (Fsp3) is 0.500. The molecule has 2 aromatic heterocycles. The number of fused-ring (bicyclic) bond motifs is 1. The van der Waals surface area contributed by atoms with Gasteiger partial charge in [-0.1, -0.05) is 6.92 Å². The van der Waals surface area contributed by atoms with E-state index in [0.29, 0.717) is 23.0 Å². The Morgan fingerprint density at radius 2 is 2.27 bits per heavy atom. The van der Waals surface area contributed by atoms with Gasteiger partial charge in [-0.15, -0.1) is 11.3 Å². The molecule has 3 rings (SSSR count). The Balaban J connectivity index is 1.68. The maximum Gasteiger partial charge on any atom is 0.251 e. The Bertz CT molecular complexity index is 826. The molecule has 26 heavy (non-hydrogen) atoms. The third kappa shape index (κ3) is 4.13. The highest BCUT2D eigenvalue weighted by atomic mass is 32.1. The molecule has 0 radical (unpaired) electrons. The van der Waals surface area contributed by atoms with Crippen LogP contribution in [-0.4, -0.2) is 40.1 Å². The van der Waals surface area contributed by atoms with Crippen molar-refractivity contribution >= 4 is 28.2 Å². The normalized spacial score (nSPS) is 16.5. The lowest BCUT2D eigenvalue weighted by molar-refractivity contribution is -0.117. The highest BCUT2D eigenvalue weighted by Crippen LogP contribution is 2.39. The number of hydrogen-bond acceptors (Lipinski definition) is 5. The van der Waals surface area contributed by atoms with Crippen LogP contribution < -0.4 is 11.1 Å². The summed E-state index contributed by atoms with van der Waals surface area (Å²) < 4.78 is 1.74. The molecule has 0 aliphatic heterocycles. The first-order valence-corrected chi connectivity index (χ1v) is 9.55. The smallest absolute Gasteiger partial charge is 0.251 e. The van der Waals surface area contributed by atoms with Crippen molar-refractivity contribution in [1.29, 1.82) is 0 Å². The van der Waals surface area contributed by atoms with Crippen LogP contribution in [0.4, 0.5) is 5.00 Å². The van der Waals surface area contributed by atoms with Crippen LogP contribution in [0, 0.1) is 5.92 Å². The van der Waals surface area contributed by atoms with Gasteiger partial charge in [0.05, 0.1) is 18.3 Å². The quantitative estimate of drug-likeness (QED) is 0.805.